The molecule has 0 aromatic heterocycles. The van der Waals surface area contributed by atoms with E-state index in [2.05, 4.69) is 26.1 Å². The molecular formula is C7H18N2. The minimum atomic E-state index is 0.565. The lowest BCUT2D eigenvalue weighted by Crippen LogP contribution is -2.33. The molecule has 0 aliphatic rings. The van der Waals surface area contributed by atoms with E-state index in [1.165, 1.54) is 0 Å². The van der Waals surface area contributed by atoms with Crippen LogP contribution < -0.4 is 11.1 Å². The highest BCUT2D eigenvalue weighted by Crippen LogP contribution is 1.89. The molecule has 2 nitrogen and oxygen atoms in total. The van der Waals surface area contributed by atoms with Crippen molar-refractivity contribution in [1.29, 1.82) is 0 Å². The molecule has 0 aliphatic carbocycles. The highest BCUT2D eigenvalue weighted by atomic mass is 14.9. The molecular weight excluding hydrogens is 112 g/mol. The Hall–Kier alpha value is -0.0800. The molecule has 0 bridgehead atoms. The van der Waals surface area contributed by atoms with Crippen LogP contribution in [-0.4, -0.2) is 18.6 Å². The summed E-state index contributed by atoms with van der Waals surface area (Å²) in [6.07, 6.45) is 1.07. The molecule has 56 valence electrons. The zero-order valence-electron chi connectivity index (χ0n) is 6.65. The number of rotatable bonds is 4. The van der Waals surface area contributed by atoms with Gasteiger partial charge in [0.2, 0.25) is 0 Å². The third-order valence-corrected chi connectivity index (χ3v) is 1.22. The lowest BCUT2D eigenvalue weighted by molar-refractivity contribution is 0.470. The molecule has 0 amide bonds. The van der Waals surface area contributed by atoms with Crippen molar-refractivity contribution in [3.8, 4) is 0 Å². The monoisotopic (exact) mass is 130 g/mol. The van der Waals surface area contributed by atoms with Gasteiger partial charge in [-0.25, -0.2) is 0 Å². The first kappa shape index (κ1) is 8.92. The maximum absolute atomic E-state index is 5.37. The van der Waals surface area contributed by atoms with Gasteiger partial charge in [0.1, 0.15) is 0 Å². The Kier molecular flexibility index (Phi) is 4.72. The van der Waals surface area contributed by atoms with E-state index in [1.807, 2.05) is 0 Å². The minimum Gasteiger partial charge on any atom is -0.330 e. The van der Waals surface area contributed by atoms with Crippen LogP contribution in [0.15, 0.2) is 0 Å². The van der Waals surface area contributed by atoms with Crippen molar-refractivity contribution in [2.75, 3.05) is 6.54 Å². The van der Waals surface area contributed by atoms with Crippen LogP contribution in [0.4, 0.5) is 0 Å². The zero-order chi connectivity index (χ0) is 7.28. The quantitative estimate of drug-likeness (QED) is 0.588. The molecule has 2 heteroatoms. The number of hydrogen-bond donors (Lipinski definition) is 2. The minimum absolute atomic E-state index is 0.565. The van der Waals surface area contributed by atoms with Crippen molar-refractivity contribution in [1.82, 2.24) is 5.32 Å². The summed E-state index contributed by atoms with van der Waals surface area (Å²) in [5.74, 6) is 0. The van der Waals surface area contributed by atoms with Gasteiger partial charge in [-0.05, 0) is 19.9 Å². The molecule has 1 unspecified atom stereocenters. The summed E-state index contributed by atoms with van der Waals surface area (Å²) in [7, 11) is 0. The maximum Gasteiger partial charge on any atom is 0.00530 e. The van der Waals surface area contributed by atoms with Gasteiger partial charge in [0, 0.05) is 12.1 Å². The van der Waals surface area contributed by atoms with Crippen LogP contribution in [0.5, 0.6) is 0 Å². The molecule has 0 aliphatic heterocycles. The van der Waals surface area contributed by atoms with Crippen LogP contribution in [0.2, 0.25) is 0 Å². The van der Waals surface area contributed by atoms with Gasteiger partial charge in [-0.3, -0.25) is 0 Å². The predicted octanol–water partition coefficient (Wildman–Crippen LogP) is 0.722. The zero-order valence-corrected chi connectivity index (χ0v) is 6.65. The third kappa shape index (κ3) is 5.80. The van der Waals surface area contributed by atoms with Crippen LogP contribution in [-0.2, 0) is 0 Å². The molecule has 0 rings (SSSR count). The van der Waals surface area contributed by atoms with Gasteiger partial charge in [-0.15, -0.1) is 0 Å². The SMILES string of the molecule is CC(C)NC(C)CCN. The Morgan fingerprint density at radius 3 is 2.22 bits per heavy atom. The van der Waals surface area contributed by atoms with Gasteiger partial charge in [-0.1, -0.05) is 13.8 Å². The van der Waals surface area contributed by atoms with E-state index < -0.39 is 0 Å². The summed E-state index contributed by atoms with van der Waals surface area (Å²) in [6, 6.07) is 1.14. The van der Waals surface area contributed by atoms with Gasteiger partial charge in [0.15, 0.2) is 0 Å². The molecule has 0 aromatic rings. The third-order valence-electron chi connectivity index (χ3n) is 1.22. The second kappa shape index (κ2) is 4.77. The Morgan fingerprint density at radius 1 is 1.33 bits per heavy atom. The van der Waals surface area contributed by atoms with Gasteiger partial charge < -0.3 is 11.1 Å². The Bertz CT molecular complexity index is 61.9. The molecule has 0 saturated heterocycles. The fourth-order valence-corrected chi connectivity index (χ4v) is 0.902. The average molecular weight is 130 g/mol. The molecule has 0 spiro atoms. The lowest BCUT2D eigenvalue weighted by Gasteiger charge is -2.14. The largest absolute Gasteiger partial charge is 0.330 e. The molecule has 0 radical (unpaired) electrons. The summed E-state index contributed by atoms with van der Waals surface area (Å²) in [5, 5.41) is 3.36. The highest BCUT2D eigenvalue weighted by Gasteiger charge is 1.99. The molecule has 0 heterocycles. The molecule has 0 aromatic carbocycles. The topological polar surface area (TPSA) is 38.0 Å². The van der Waals surface area contributed by atoms with Crippen molar-refractivity contribution >= 4 is 0 Å². The molecule has 0 fully saturated rings. The van der Waals surface area contributed by atoms with E-state index >= 15 is 0 Å². The number of nitrogens with one attached hydrogen (secondary N) is 1. The molecule has 3 N–H and O–H groups in total. The van der Waals surface area contributed by atoms with E-state index in [0.29, 0.717) is 12.1 Å². The van der Waals surface area contributed by atoms with Crippen LogP contribution in [0.1, 0.15) is 27.2 Å². The van der Waals surface area contributed by atoms with Gasteiger partial charge >= 0.3 is 0 Å². The fourth-order valence-electron chi connectivity index (χ4n) is 0.902. The van der Waals surface area contributed by atoms with Crippen molar-refractivity contribution in [3.05, 3.63) is 0 Å². The summed E-state index contributed by atoms with van der Waals surface area (Å²) < 4.78 is 0. The maximum atomic E-state index is 5.37. The predicted molar refractivity (Wildman–Crippen MR) is 41.4 cm³/mol. The number of hydrogen-bond acceptors (Lipinski definition) is 2. The van der Waals surface area contributed by atoms with Crippen LogP contribution in [0, 0.1) is 0 Å². The lowest BCUT2D eigenvalue weighted by atomic mass is 10.2. The molecule has 1 atom stereocenters. The van der Waals surface area contributed by atoms with Gasteiger partial charge in [0.25, 0.3) is 0 Å². The second-order valence-electron chi connectivity index (χ2n) is 2.80. The second-order valence-corrected chi connectivity index (χ2v) is 2.80. The Morgan fingerprint density at radius 2 is 1.89 bits per heavy atom. The first-order valence-electron chi connectivity index (χ1n) is 3.63. The van der Waals surface area contributed by atoms with Crippen LogP contribution in [0.25, 0.3) is 0 Å². The standard InChI is InChI=1S/C7H18N2/c1-6(2)9-7(3)4-5-8/h6-7,9H,4-5,8H2,1-3H3. The van der Waals surface area contributed by atoms with Gasteiger partial charge in [0.05, 0.1) is 0 Å². The highest BCUT2D eigenvalue weighted by molar-refractivity contribution is 4.63. The van der Waals surface area contributed by atoms with Crippen molar-refractivity contribution in [2.24, 2.45) is 5.73 Å². The van der Waals surface area contributed by atoms with Gasteiger partial charge in [-0.2, -0.15) is 0 Å². The van der Waals surface area contributed by atoms with E-state index in [4.69, 9.17) is 5.73 Å². The van der Waals surface area contributed by atoms with Crippen LogP contribution >= 0.6 is 0 Å². The first-order chi connectivity index (χ1) is 4.16. The Balaban J connectivity index is 3.15. The first-order valence-corrected chi connectivity index (χ1v) is 3.63. The van der Waals surface area contributed by atoms with E-state index in [-0.39, 0.29) is 0 Å². The van der Waals surface area contributed by atoms with Crippen molar-refractivity contribution in [2.45, 2.75) is 39.3 Å². The average Bonchev–Trinajstić information content (AvgIpc) is 1.63. The summed E-state index contributed by atoms with van der Waals surface area (Å²) >= 11 is 0. The van der Waals surface area contributed by atoms with E-state index in [0.717, 1.165) is 13.0 Å². The van der Waals surface area contributed by atoms with Crippen LogP contribution in [0.3, 0.4) is 0 Å². The van der Waals surface area contributed by atoms with E-state index in [1.54, 1.807) is 0 Å². The summed E-state index contributed by atoms with van der Waals surface area (Å²) in [4.78, 5) is 0. The molecule has 9 heavy (non-hydrogen) atoms. The summed E-state index contributed by atoms with van der Waals surface area (Å²) in [5.41, 5.74) is 5.37. The summed E-state index contributed by atoms with van der Waals surface area (Å²) in [6.45, 7) is 7.23. The normalized spacial score (nSPS) is 14.3. The Labute approximate surface area is 57.8 Å². The number of nitrogens with two attached hydrogens (primary N) is 1. The van der Waals surface area contributed by atoms with Crippen molar-refractivity contribution in [3.63, 3.8) is 0 Å². The fraction of sp³-hybridized carbons (Fsp3) is 1.00. The van der Waals surface area contributed by atoms with Crippen molar-refractivity contribution < 1.29 is 0 Å². The smallest absolute Gasteiger partial charge is 0.00530 e. The van der Waals surface area contributed by atoms with E-state index in [9.17, 15) is 0 Å². The molecule has 0 saturated carbocycles.